The summed E-state index contributed by atoms with van der Waals surface area (Å²) >= 11 is 0. The minimum absolute atomic E-state index is 0.0427. The summed E-state index contributed by atoms with van der Waals surface area (Å²) in [5, 5.41) is 0. The Morgan fingerprint density at radius 2 is 1.89 bits per heavy atom. The van der Waals surface area contributed by atoms with Crippen LogP contribution in [-0.2, 0) is 21.4 Å². The van der Waals surface area contributed by atoms with Gasteiger partial charge in [0, 0.05) is 13.6 Å². The number of para-hydroxylation sites is 2. The zero-order valence-electron chi connectivity index (χ0n) is 16.2. The van der Waals surface area contributed by atoms with Crippen LogP contribution >= 0.6 is 0 Å². The summed E-state index contributed by atoms with van der Waals surface area (Å²) in [5.74, 6) is 0.804. The molecule has 1 atom stereocenters. The maximum absolute atomic E-state index is 13.0. The van der Waals surface area contributed by atoms with E-state index in [4.69, 9.17) is 9.47 Å². The topological polar surface area (TPSA) is 76.2 Å². The second-order valence-electron chi connectivity index (χ2n) is 6.55. The predicted octanol–water partition coefficient (Wildman–Crippen LogP) is 2.27. The monoisotopic (exact) mass is 404 g/mol. The summed E-state index contributed by atoms with van der Waals surface area (Å²) in [7, 11) is -0.253. The second-order valence-corrected chi connectivity index (χ2v) is 8.73. The fourth-order valence-corrected chi connectivity index (χ4v) is 4.20. The van der Waals surface area contributed by atoms with Gasteiger partial charge in [-0.1, -0.05) is 24.3 Å². The first-order valence-corrected chi connectivity index (χ1v) is 10.6. The highest BCUT2D eigenvalue weighted by Crippen LogP contribution is 2.35. The minimum atomic E-state index is -3.52. The van der Waals surface area contributed by atoms with Crippen LogP contribution in [0.5, 0.6) is 11.5 Å². The van der Waals surface area contributed by atoms with E-state index in [1.54, 1.807) is 45.3 Å². The molecule has 1 amide bonds. The lowest BCUT2D eigenvalue weighted by Gasteiger charge is -2.36. The van der Waals surface area contributed by atoms with E-state index in [0.29, 0.717) is 18.0 Å². The highest BCUT2D eigenvalue weighted by Gasteiger charge is 2.37. The first kappa shape index (κ1) is 20.0. The molecular formula is C20H24N2O5S. The van der Waals surface area contributed by atoms with E-state index in [2.05, 4.69) is 0 Å². The van der Waals surface area contributed by atoms with Crippen molar-refractivity contribution in [3.05, 3.63) is 54.1 Å². The van der Waals surface area contributed by atoms with Crippen LogP contribution in [0.25, 0.3) is 0 Å². The number of hydrogen-bond donors (Lipinski definition) is 0. The van der Waals surface area contributed by atoms with Crippen LogP contribution in [0.4, 0.5) is 5.69 Å². The van der Waals surface area contributed by atoms with E-state index >= 15 is 0 Å². The van der Waals surface area contributed by atoms with Crippen LogP contribution in [-0.4, -0.2) is 51.8 Å². The molecule has 1 aliphatic heterocycles. The van der Waals surface area contributed by atoms with Gasteiger partial charge in [-0.2, -0.15) is 0 Å². The van der Waals surface area contributed by atoms with Gasteiger partial charge in [0.1, 0.15) is 11.5 Å². The molecule has 0 aromatic heterocycles. The molecule has 0 radical (unpaired) electrons. The molecule has 3 rings (SSSR count). The van der Waals surface area contributed by atoms with Crippen LogP contribution in [0.3, 0.4) is 0 Å². The van der Waals surface area contributed by atoms with Crippen molar-refractivity contribution in [2.24, 2.45) is 0 Å². The summed E-state index contributed by atoms with van der Waals surface area (Å²) in [4.78, 5) is 14.5. The summed E-state index contributed by atoms with van der Waals surface area (Å²) < 4.78 is 37.3. The molecule has 8 heteroatoms. The number of methoxy groups -OCH3 is 1. The van der Waals surface area contributed by atoms with Crippen LogP contribution in [0.1, 0.15) is 12.5 Å². The van der Waals surface area contributed by atoms with E-state index in [0.717, 1.165) is 11.3 Å². The summed E-state index contributed by atoms with van der Waals surface area (Å²) in [6.07, 6.45) is -0.903. The number of anilines is 1. The Morgan fingerprint density at radius 3 is 2.54 bits per heavy atom. The Hall–Kier alpha value is -2.74. The number of carbonyl (C=O) groups is 1. The number of ether oxygens (including phenoxy) is 2. The molecule has 0 unspecified atom stereocenters. The molecule has 2 aromatic carbocycles. The van der Waals surface area contributed by atoms with Gasteiger partial charge in [-0.05, 0) is 36.8 Å². The van der Waals surface area contributed by atoms with E-state index in [1.807, 2.05) is 24.3 Å². The van der Waals surface area contributed by atoms with Gasteiger partial charge in [0.15, 0.2) is 6.10 Å². The third-order valence-corrected chi connectivity index (χ3v) is 6.41. The van der Waals surface area contributed by atoms with Gasteiger partial charge in [0.2, 0.25) is 10.0 Å². The number of carbonyl (C=O) groups excluding carboxylic acids is 1. The van der Waals surface area contributed by atoms with Crippen molar-refractivity contribution in [1.82, 2.24) is 4.90 Å². The van der Waals surface area contributed by atoms with Gasteiger partial charge >= 0.3 is 0 Å². The van der Waals surface area contributed by atoms with Crippen molar-refractivity contribution < 1.29 is 22.7 Å². The maximum Gasteiger partial charge on any atom is 0.265 e. The Balaban J connectivity index is 1.79. The Labute approximate surface area is 165 Å². The number of rotatable bonds is 6. The molecule has 1 heterocycles. The fraction of sp³-hybridized carbons (Fsp3) is 0.350. The summed E-state index contributed by atoms with van der Waals surface area (Å²) in [5.41, 5.74) is 1.40. The molecule has 150 valence electrons. The molecule has 7 nitrogen and oxygen atoms in total. The smallest absolute Gasteiger partial charge is 0.265 e. The average Bonchev–Trinajstić information content (AvgIpc) is 2.72. The first-order valence-electron chi connectivity index (χ1n) is 8.99. The largest absolute Gasteiger partial charge is 0.497 e. The van der Waals surface area contributed by atoms with Crippen molar-refractivity contribution in [3.63, 3.8) is 0 Å². The van der Waals surface area contributed by atoms with Gasteiger partial charge in [0.25, 0.3) is 5.91 Å². The molecular weight excluding hydrogens is 380 g/mol. The standard InChI is InChI=1S/C20H24N2O5S/c1-4-28(24,25)22-14-19(27-18-8-6-5-7-17(18)22)20(23)21(2)13-15-9-11-16(26-3)12-10-15/h5-12,19H,4,13-14H2,1-3H3/t19-/m0/s1. The van der Waals surface area contributed by atoms with Gasteiger partial charge in [-0.3, -0.25) is 9.10 Å². The van der Waals surface area contributed by atoms with Crippen molar-refractivity contribution in [1.29, 1.82) is 0 Å². The van der Waals surface area contributed by atoms with E-state index < -0.39 is 16.1 Å². The highest BCUT2D eigenvalue weighted by atomic mass is 32.2. The number of nitrogens with zero attached hydrogens (tertiary/aromatic N) is 2. The van der Waals surface area contributed by atoms with Gasteiger partial charge in [-0.15, -0.1) is 0 Å². The van der Waals surface area contributed by atoms with Crippen LogP contribution in [0, 0.1) is 0 Å². The molecule has 1 aliphatic rings. The highest BCUT2D eigenvalue weighted by molar-refractivity contribution is 7.92. The molecule has 0 spiro atoms. The number of amides is 1. The van der Waals surface area contributed by atoms with Crippen LogP contribution in [0.15, 0.2) is 48.5 Å². The molecule has 0 fully saturated rings. The number of likely N-dealkylation sites (N-methyl/N-ethyl adjacent to an activating group) is 1. The maximum atomic E-state index is 13.0. The number of fused-ring (bicyclic) bond motifs is 1. The van der Waals surface area contributed by atoms with Gasteiger partial charge < -0.3 is 14.4 Å². The van der Waals surface area contributed by atoms with Crippen molar-refractivity contribution in [2.45, 2.75) is 19.6 Å². The predicted molar refractivity (Wildman–Crippen MR) is 107 cm³/mol. The lowest BCUT2D eigenvalue weighted by Crippen LogP contribution is -2.51. The summed E-state index contributed by atoms with van der Waals surface area (Å²) in [6.45, 7) is 1.92. The fourth-order valence-electron chi connectivity index (χ4n) is 3.08. The number of hydrogen-bond acceptors (Lipinski definition) is 5. The lowest BCUT2D eigenvalue weighted by molar-refractivity contribution is -0.137. The number of sulfonamides is 1. The lowest BCUT2D eigenvalue weighted by atomic mass is 10.1. The molecule has 28 heavy (non-hydrogen) atoms. The van der Waals surface area contributed by atoms with Gasteiger partial charge in [-0.25, -0.2) is 8.42 Å². The minimum Gasteiger partial charge on any atom is -0.497 e. The Bertz CT molecular complexity index is 943. The second kappa shape index (κ2) is 8.10. The van der Waals surface area contributed by atoms with Crippen LogP contribution < -0.4 is 13.8 Å². The van der Waals surface area contributed by atoms with Crippen molar-refractivity contribution in [2.75, 3.05) is 30.8 Å². The van der Waals surface area contributed by atoms with Crippen molar-refractivity contribution >= 4 is 21.6 Å². The van der Waals surface area contributed by atoms with Gasteiger partial charge in [0.05, 0.1) is 25.1 Å². The molecule has 0 bridgehead atoms. The Morgan fingerprint density at radius 1 is 1.21 bits per heavy atom. The SMILES string of the molecule is CCS(=O)(=O)N1C[C@@H](C(=O)N(C)Cc2ccc(OC)cc2)Oc2ccccc21. The molecule has 0 aliphatic carbocycles. The third kappa shape index (κ3) is 4.06. The molecule has 0 saturated carbocycles. The molecule has 0 saturated heterocycles. The van der Waals surface area contributed by atoms with E-state index in [1.165, 1.54) is 9.21 Å². The first-order chi connectivity index (χ1) is 13.4. The molecule has 0 N–H and O–H groups in total. The number of benzene rings is 2. The quantitative estimate of drug-likeness (QED) is 0.738. The zero-order valence-corrected chi connectivity index (χ0v) is 17.0. The zero-order chi connectivity index (χ0) is 20.3. The average molecular weight is 404 g/mol. The third-order valence-electron chi connectivity index (χ3n) is 4.67. The van der Waals surface area contributed by atoms with E-state index in [-0.39, 0.29) is 18.2 Å². The normalized spacial score (nSPS) is 16.1. The van der Waals surface area contributed by atoms with Crippen LogP contribution in [0.2, 0.25) is 0 Å². The van der Waals surface area contributed by atoms with E-state index in [9.17, 15) is 13.2 Å². The van der Waals surface area contributed by atoms with Crippen molar-refractivity contribution in [3.8, 4) is 11.5 Å². The molecule has 2 aromatic rings. The Kier molecular flexibility index (Phi) is 5.79. The summed E-state index contributed by atoms with van der Waals surface area (Å²) in [6, 6.07) is 14.3.